The van der Waals surface area contributed by atoms with Gasteiger partial charge in [-0.2, -0.15) is 0 Å². The molecule has 0 saturated carbocycles. The molecular formula is C23H26FN3O4S. The number of amides is 2. The van der Waals surface area contributed by atoms with Crippen molar-refractivity contribution in [1.29, 1.82) is 0 Å². The van der Waals surface area contributed by atoms with Gasteiger partial charge in [0.15, 0.2) is 0 Å². The number of carbonyl (C=O) groups is 2. The minimum absolute atomic E-state index is 0.0175. The average Bonchev–Trinajstić information content (AvgIpc) is 3.46. The Hall–Kier alpha value is -2.78. The van der Waals surface area contributed by atoms with Crippen LogP contribution >= 0.6 is 0 Å². The SMILES string of the molecule is O=C(CCC(=O)N1CCc2cc(S(=O)(=O)NCc3ccc(F)cc3)ccc21)N1CCCC1. The van der Waals surface area contributed by atoms with Crippen molar-refractivity contribution in [3.63, 3.8) is 0 Å². The number of hydrogen-bond acceptors (Lipinski definition) is 4. The quantitative estimate of drug-likeness (QED) is 0.690. The van der Waals surface area contributed by atoms with Gasteiger partial charge in [-0.3, -0.25) is 9.59 Å². The van der Waals surface area contributed by atoms with E-state index in [2.05, 4.69) is 4.72 Å². The van der Waals surface area contributed by atoms with Gasteiger partial charge in [0, 0.05) is 44.7 Å². The number of fused-ring (bicyclic) bond motifs is 1. The molecule has 0 aliphatic carbocycles. The van der Waals surface area contributed by atoms with Crippen LogP contribution in [0.2, 0.25) is 0 Å². The summed E-state index contributed by atoms with van der Waals surface area (Å²) in [6, 6.07) is 10.3. The van der Waals surface area contributed by atoms with Gasteiger partial charge >= 0.3 is 0 Å². The van der Waals surface area contributed by atoms with Gasteiger partial charge in [-0.1, -0.05) is 12.1 Å². The number of likely N-dealkylation sites (tertiary alicyclic amines) is 1. The fourth-order valence-corrected chi connectivity index (χ4v) is 5.21. The summed E-state index contributed by atoms with van der Waals surface area (Å²) in [7, 11) is -3.76. The minimum atomic E-state index is -3.76. The summed E-state index contributed by atoms with van der Waals surface area (Å²) in [4.78, 5) is 28.5. The zero-order valence-corrected chi connectivity index (χ0v) is 18.5. The molecule has 2 aliphatic heterocycles. The van der Waals surface area contributed by atoms with E-state index in [0.717, 1.165) is 31.5 Å². The minimum Gasteiger partial charge on any atom is -0.343 e. The van der Waals surface area contributed by atoms with E-state index < -0.39 is 10.0 Å². The summed E-state index contributed by atoms with van der Waals surface area (Å²) in [6.45, 7) is 2.06. The van der Waals surface area contributed by atoms with Crippen LogP contribution in [0.4, 0.5) is 10.1 Å². The van der Waals surface area contributed by atoms with Crippen molar-refractivity contribution in [3.05, 3.63) is 59.4 Å². The Morgan fingerprint density at radius 1 is 0.938 bits per heavy atom. The summed E-state index contributed by atoms with van der Waals surface area (Å²) in [6.07, 6.45) is 2.94. The fourth-order valence-electron chi connectivity index (χ4n) is 4.14. The number of benzene rings is 2. The van der Waals surface area contributed by atoms with Gasteiger partial charge in [0.2, 0.25) is 21.8 Å². The lowest BCUT2D eigenvalue weighted by Gasteiger charge is -2.19. The molecule has 7 nitrogen and oxygen atoms in total. The number of carbonyl (C=O) groups excluding carboxylic acids is 2. The lowest BCUT2D eigenvalue weighted by atomic mass is 10.2. The van der Waals surface area contributed by atoms with Gasteiger partial charge in [0.05, 0.1) is 4.90 Å². The number of hydrogen-bond donors (Lipinski definition) is 1. The smallest absolute Gasteiger partial charge is 0.240 e. The second-order valence-corrected chi connectivity index (χ2v) is 9.89. The normalized spacial score (nSPS) is 15.8. The van der Waals surface area contributed by atoms with E-state index in [4.69, 9.17) is 0 Å². The molecule has 32 heavy (non-hydrogen) atoms. The zero-order valence-electron chi connectivity index (χ0n) is 17.7. The van der Waals surface area contributed by atoms with Crippen molar-refractivity contribution in [3.8, 4) is 0 Å². The highest BCUT2D eigenvalue weighted by Gasteiger charge is 2.27. The molecule has 1 saturated heterocycles. The first kappa shape index (κ1) is 22.4. The number of anilines is 1. The van der Waals surface area contributed by atoms with E-state index >= 15 is 0 Å². The molecule has 0 bridgehead atoms. The maximum Gasteiger partial charge on any atom is 0.240 e. The Bertz CT molecular complexity index is 1110. The van der Waals surface area contributed by atoms with Crippen molar-refractivity contribution >= 4 is 27.5 Å². The Kier molecular flexibility index (Phi) is 6.57. The third-order valence-corrected chi connectivity index (χ3v) is 7.35. The summed E-state index contributed by atoms with van der Waals surface area (Å²) >= 11 is 0. The van der Waals surface area contributed by atoms with Crippen molar-refractivity contribution in [2.75, 3.05) is 24.5 Å². The number of halogens is 1. The van der Waals surface area contributed by atoms with E-state index in [9.17, 15) is 22.4 Å². The summed E-state index contributed by atoms with van der Waals surface area (Å²) in [5, 5.41) is 0. The first-order chi connectivity index (χ1) is 15.3. The number of nitrogens with zero attached hydrogens (tertiary/aromatic N) is 2. The van der Waals surface area contributed by atoms with E-state index in [1.807, 2.05) is 0 Å². The van der Waals surface area contributed by atoms with Crippen LogP contribution in [0.3, 0.4) is 0 Å². The Balaban J connectivity index is 1.38. The predicted molar refractivity (Wildman–Crippen MR) is 118 cm³/mol. The third-order valence-electron chi connectivity index (χ3n) is 5.95. The fraction of sp³-hybridized carbons (Fsp3) is 0.391. The zero-order chi connectivity index (χ0) is 22.7. The first-order valence-electron chi connectivity index (χ1n) is 10.8. The predicted octanol–water partition coefficient (Wildman–Crippen LogP) is 2.60. The molecular weight excluding hydrogens is 433 g/mol. The monoisotopic (exact) mass is 459 g/mol. The number of sulfonamides is 1. The van der Waals surface area contributed by atoms with Crippen LogP contribution in [-0.4, -0.2) is 44.8 Å². The van der Waals surface area contributed by atoms with Crippen molar-refractivity contribution < 1.29 is 22.4 Å². The first-order valence-corrected chi connectivity index (χ1v) is 12.3. The second kappa shape index (κ2) is 9.38. The van der Waals surface area contributed by atoms with Gasteiger partial charge in [-0.05, 0) is 60.7 Å². The molecule has 4 rings (SSSR count). The largest absolute Gasteiger partial charge is 0.343 e. The summed E-state index contributed by atoms with van der Waals surface area (Å²) < 4.78 is 40.9. The highest BCUT2D eigenvalue weighted by molar-refractivity contribution is 7.89. The molecule has 2 amide bonds. The van der Waals surface area contributed by atoms with Crippen LogP contribution < -0.4 is 9.62 Å². The van der Waals surface area contributed by atoms with Gasteiger partial charge in [-0.15, -0.1) is 0 Å². The highest BCUT2D eigenvalue weighted by Crippen LogP contribution is 2.31. The summed E-state index contributed by atoms with van der Waals surface area (Å²) in [5.74, 6) is -0.486. The maximum atomic E-state index is 13.0. The van der Waals surface area contributed by atoms with E-state index in [1.165, 1.54) is 30.3 Å². The standard InChI is InChI=1S/C23H26FN3O4S/c24-19-5-3-17(4-6-19)16-25-32(30,31)20-7-8-21-18(15-20)11-14-27(21)23(29)10-9-22(28)26-12-1-2-13-26/h3-8,15,25H,1-2,9-14,16H2. The van der Waals surface area contributed by atoms with E-state index in [1.54, 1.807) is 21.9 Å². The second-order valence-electron chi connectivity index (χ2n) is 8.12. The van der Waals surface area contributed by atoms with E-state index in [0.29, 0.717) is 24.2 Å². The maximum absolute atomic E-state index is 13.0. The lowest BCUT2D eigenvalue weighted by molar-refractivity contribution is -0.132. The molecule has 170 valence electrons. The number of nitrogens with one attached hydrogen (secondary N) is 1. The molecule has 0 radical (unpaired) electrons. The molecule has 1 fully saturated rings. The molecule has 0 spiro atoms. The Labute approximate surface area is 187 Å². The van der Waals surface area contributed by atoms with Crippen molar-refractivity contribution in [1.82, 2.24) is 9.62 Å². The van der Waals surface area contributed by atoms with Crippen LogP contribution in [0.5, 0.6) is 0 Å². The number of rotatable bonds is 7. The van der Waals surface area contributed by atoms with Crippen molar-refractivity contribution in [2.45, 2.75) is 43.5 Å². The molecule has 0 atom stereocenters. The molecule has 1 N–H and O–H groups in total. The van der Waals surface area contributed by atoms with Gasteiger partial charge in [0.25, 0.3) is 0 Å². The van der Waals surface area contributed by atoms with Crippen molar-refractivity contribution in [2.24, 2.45) is 0 Å². The molecule has 2 heterocycles. The molecule has 2 aromatic carbocycles. The van der Waals surface area contributed by atoms with Crippen LogP contribution in [0.15, 0.2) is 47.4 Å². The third kappa shape index (κ3) is 4.99. The molecule has 0 unspecified atom stereocenters. The molecule has 2 aromatic rings. The van der Waals surface area contributed by atoms with Crippen LogP contribution in [0, 0.1) is 5.82 Å². The van der Waals surface area contributed by atoms with Gasteiger partial charge in [0.1, 0.15) is 5.82 Å². The Morgan fingerprint density at radius 2 is 1.62 bits per heavy atom. The van der Waals surface area contributed by atoms with Crippen LogP contribution in [0.1, 0.15) is 36.8 Å². The van der Waals surface area contributed by atoms with E-state index in [-0.39, 0.29) is 41.9 Å². The lowest BCUT2D eigenvalue weighted by Crippen LogP contribution is -2.32. The molecule has 9 heteroatoms. The Morgan fingerprint density at radius 3 is 2.34 bits per heavy atom. The average molecular weight is 460 g/mol. The van der Waals surface area contributed by atoms with Crippen LogP contribution in [-0.2, 0) is 32.6 Å². The molecule has 2 aliphatic rings. The van der Waals surface area contributed by atoms with Gasteiger partial charge < -0.3 is 9.80 Å². The summed E-state index contributed by atoms with van der Waals surface area (Å²) in [5.41, 5.74) is 2.13. The topological polar surface area (TPSA) is 86.8 Å². The molecule has 0 aromatic heterocycles. The van der Waals surface area contributed by atoms with Crippen LogP contribution in [0.25, 0.3) is 0 Å². The van der Waals surface area contributed by atoms with Gasteiger partial charge in [-0.25, -0.2) is 17.5 Å². The highest BCUT2D eigenvalue weighted by atomic mass is 32.2.